The van der Waals surface area contributed by atoms with E-state index in [9.17, 15) is 9.59 Å². The third-order valence-corrected chi connectivity index (χ3v) is 7.13. The van der Waals surface area contributed by atoms with Crippen LogP contribution < -0.4 is 10.3 Å². The number of aromatic amines is 2. The Morgan fingerprint density at radius 3 is 2.56 bits per heavy atom. The Bertz CT molecular complexity index is 1390. The Hall–Kier alpha value is -2.71. The molecule has 0 spiro atoms. The predicted octanol–water partition coefficient (Wildman–Crippen LogP) is 6.72. The first kappa shape index (κ1) is 24.4. The Morgan fingerprint density at radius 1 is 1.06 bits per heavy atom. The molecule has 4 rings (SSSR count). The number of aromatic nitrogens is 3. The molecular weight excluding hydrogens is 517 g/mol. The number of esters is 1. The van der Waals surface area contributed by atoms with E-state index in [0.717, 1.165) is 21.7 Å². The molecule has 1 unspecified atom stereocenters. The van der Waals surface area contributed by atoms with Crippen molar-refractivity contribution in [1.82, 2.24) is 15.2 Å². The molecule has 4 aromatic rings. The molecule has 2 heterocycles. The molecule has 0 saturated heterocycles. The van der Waals surface area contributed by atoms with Crippen molar-refractivity contribution < 1.29 is 9.53 Å². The number of carbonyl (C=O) groups is 1. The van der Waals surface area contributed by atoms with Crippen LogP contribution in [-0.2, 0) is 5.75 Å². The lowest BCUT2D eigenvalue weighted by molar-refractivity contribution is 0.0726. The van der Waals surface area contributed by atoms with Crippen LogP contribution in [0.5, 0.6) is 5.75 Å². The van der Waals surface area contributed by atoms with Gasteiger partial charge in [0.15, 0.2) is 11.4 Å². The van der Waals surface area contributed by atoms with Gasteiger partial charge in [0, 0.05) is 33.5 Å². The van der Waals surface area contributed by atoms with Crippen LogP contribution in [0, 0.1) is 0 Å². The zero-order valence-corrected chi connectivity index (χ0v) is 20.9. The minimum absolute atomic E-state index is 0.0450. The van der Waals surface area contributed by atoms with Crippen LogP contribution in [0.2, 0.25) is 15.1 Å². The topological polar surface area (TPSA) is 87.8 Å². The molecule has 2 aromatic carbocycles. The highest BCUT2D eigenvalue weighted by atomic mass is 35.5. The van der Waals surface area contributed by atoms with Crippen molar-refractivity contribution in [2.24, 2.45) is 0 Å². The summed E-state index contributed by atoms with van der Waals surface area (Å²) in [5.41, 5.74) is 2.07. The Morgan fingerprint density at radius 2 is 1.82 bits per heavy atom. The molecule has 0 amide bonds. The van der Waals surface area contributed by atoms with E-state index < -0.39 is 11.5 Å². The van der Waals surface area contributed by atoms with Crippen molar-refractivity contribution in [3.63, 3.8) is 0 Å². The second-order valence-electron chi connectivity index (χ2n) is 7.44. The number of carbonyl (C=O) groups excluding carboxylic acids is 1. The average Bonchev–Trinajstić information content (AvgIpc) is 3.32. The number of pyridine rings is 1. The van der Waals surface area contributed by atoms with Gasteiger partial charge < -0.3 is 9.72 Å². The number of hydrogen-bond donors (Lipinski definition) is 2. The molecule has 0 aliphatic carbocycles. The highest BCUT2D eigenvalue weighted by molar-refractivity contribution is 7.98. The summed E-state index contributed by atoms with van der Waals surface area (Å²) >= 11 is 19.5. The molecule has 6 nitrogen and oxygen atoms in total. The van der Waals surface area contributed by atoms with Gasteiger partial charge in [-0.2, -0.15) is 5.10 Å². The first-order valence-corrected chi connectivity index (χ1v) is 12.2. The van der Waals surface area contributed by atoms with Crippen molar-refractivity contribution in [3.8, 4) is 5.75 Å². The molecule has 0 aliphatic rings. The lowest BCUT2D eigenvalue weighted by Crippen LogP contribution is -2.17. The van der Waals surface area contributed by atoms with Gasteiger partial charge in [-0.15, -0.1) is 11.8 Å². The summed E-state index contributed by atoms with van der Waals surface area (Å²) in [5, 5.41) is 8.51. The number of thioether (sulfide) groups is 1. The molecule has 0 bridgehead atoms. The van der Waals surface area contributed by atoms with Crippen molar-refractivity contribution in [3.05, 3.63) is 109 Å². The molecule has 174 valence electrons. The monoisotopic (exact) mass is 533 g/mol. The third kappa shape index (κ3) is 5.85. The standard InChI is InChI=1S/C24H18Cl3N3O3S/c1-13(15-2-4-16(25)5-3-15)20-10-21(30-29-20)24(32)33-22-8-14(11-28-23(22)31)12-34-17-6-7-18(26)19(27)9-17/h2-11,13H,12H2,1H3,(H,28,31)(H,29,30). The van der Waals surface area contributed by atoms with Gasteiger partial charge in [-0.05, 0) is 53.6 Å². The molecule has 0 aliphatic heterocycles. The second-order valence-corrected chi connectivity index (χ2v) is 9.74. The van der Waals surface area contributed by atoms with Gasteiger partial charge in [0.05, 0.1) is 10.0 Å². The molecular formula is C24H18Cl3N3O3S. The predicted molar refractivity (Wildman–Crippen MR) is 136 cm³/mol. The van der Waals surface area contributed by atoms with E-state index in [1.807, 2.05) is 25.1 Å². The van der Waals surface area contributed by atoms with Crippen molar-refractivity contribution in [1.29, 1.82) is 0 Å². The summed E-state index contributed by atoms with van der Waals surface area (Å²) in [7, 11) is 0. The van der Waals surface area contributed by atoms with Crippen LogP contribution in [0.15, 0.2) is 70.5 Å². The molecule has 2 N–H and O–H groups in total. The van der Waals surface area contributed by atoms with Gasteiger partial charge in [-0.3, -0.25) is 9.89 Å². The summed E-state index contributed by atoms with van der Waals surface area (Å²) < 4.78 is 5.34. The lowest BCUT2D eigenvalue weighted by atomic mass is 9.98. The number of ether oxygens (including phenoxy) is 1. The van der Waals surface area contributed by atoms with Gasteiger partial charge in [0.25, 0.3) is 5.56 Å². The van der Waals surface area contributed by atoms with Gasteiger partial charge in [-0.25, -0.2) is 4.79 Å². The fraction of sp³-hybridized carbons (Fsp3) is 0.125. The van der Waals surface area contributed by atoms with Gasteiger partial charge >= 0.3 is 5.97 Å². The maximum atomic E-state index is 12.6. The summed E-state index contributed by atoms with van der Waals surface area (Å²) in [5.74, 6) is -0.362. The van der Waals surface area contributed by atoms with Crippen LogP contribution in [0.3, 0.4) is 0 Å². The van der Waals surface area contributed by atoms with Crippen LogP contribution in [0.4, 0.5) is 0 Å². The maximum absolute atomic E-state index is 12.6. The van der Waals surface area contributed by atoms with Crippen LogP contribution >= 0.6 is 46.6 Å². The smallest absolute Gasteiger partial charge is 0.364 e. The lowest BCUT2D eigenvalue weighted by Gasteiger charge is -2.09. The number of nitrogens with zero attached hydrogens (tertiary/aromatic N) is 1. The molecule has 0 saturated carbocycles. The molecule has 0 radical (unpaired) electrons. The first-order valence-electron chi connectivity index (χ1n) is 10.1. The van der Waals surface area contributed by atoms with Crippen molar-refractivity contribution >= 4 is 52.5 Å². The zero-order valence-electron chi connectivity index (χ0n) is 17.8. The Labute approximate surface area is 214 Å². The van der Waals surface area contributed by atoms with Gasteiger partial charge in [-0.1, -0.05) is 53.9 Å². The normalized spacial score (nSPS) is 11.9. The van der Waals surface area contributed by atoms with E-state index in [2.05, 4.69) is 15.2 Å². The van der Waals surface area contributed by atoms with Crippen molar-refractivity contribution in [2.75, 3.05) is 0 Å². The SMILES string of the molecule is CC(c1ccc(Cl)cc1)c1cc(C(=O)Oc2cc(CSc3ccc(Cl)c(Cl)c3)c[nH]c2=O)n[nH]1. The molecule has 1 atom stereocenters. The van der Waals surface area contributed by atoms with Crippen LogP contribution in [-0.4, -0.2) is 21.2 Å². The van der Waals surface area contributed by atoms with Crippen LogP contribution in [0.1, 0.15) is 40.2 Å². The van der Waals surface area contributed by atoms with E-state index in [1.165, 1.54) is 17.8 Å². The average molecular weight is 535 g/mol. The van der Waals surface area contributed by atoms with E-state index in [4.69, 9.17) is 39.5 Å². The van der Waals surface area contributed by atoms with E-state index in [-0.39, 0.29) is 17.4 Å². The van der Waals surface area contributed by atoms with E-state index >= 15 is 0 Å². The minimum Gasteiger partial charge on any atom is -0.416 e. The van der Waals surface area contributed by atoms with Gasteiger partial charge in [0.2, 0.25) is 0 Å². The molecule has 0 fully saturated rings. The largest absolute Gasteiger partial charge is 0.416 e. The summed E-state index contributed by atoms with van der Waals surface area (Å²) in [4.78, 5) is 28.4. The number of halogens is 3. The van der Waals surface area contributed by atoms with Crippen LogP contribution in [0.25, 0.3) is 0 Å². The van der Waals surface area contributed by atoms with E-state index in [0.29, 0.717) is 20.8 Å². The fourth-order valence-electron chi connectivity index (χ4n) is 3.14. The van der Waals surface area contributed by atoms with Gasteiger partial charge in [0.1, 0.15) is 0 Å². The molecule has 10 heteroatoms. The summed E-state index contributed by atoms with van der Waals surface area (Å²) in [6, 6.07) is 15.9. The number of benzene rings is 2. The number of rotatable bonds is 7. The summed E-state index contributed by atoms with van der Waals surface area (Å²) in [6.07, 6.45) is 1.57. The summed E-state index contributed by atoms with van der Waals surface area (Å²) in [6.45, 7) is 1.98. The quantitative estimate of drug-likeness (QED) is 0.203. The second kappa shape index (κ2) is 10.7. The highest BCUT2D eigenvalue weighted by Gasteiger charge is 2.18. The maximum Gasteiger partial charge on any atom is 0.364 e. The number of hydrogen-bond acceptors (Lipinski definition) is 5. The minimum atomic E-state index is -0.731. The number of H-pyrrole nitrogens is 2. The third-order valence-electron chi connectivity index (χ3n) is 5.07. The fourth-order valence-corrected chi connectivity index (χ4v) is 4.50. The Balaban J connectivity index is 1.44. The molecule has 2 aromatic heterocycles. The van der Waals surface area contributed by atoms with E-state index in [1.54, 1.807) is 36.5 Å². The number of nitrogens with one attached hydrogen (secondary N) is 2. The highest BCUT2D eigenvalue weighted by Crippen LogP contribution is 2.30. The molecule has 34 heavy (non-hydrogen) atoms. The zero-order chi connectivity index (χ0) is 24.2. The Kier molecular flexibility index (Phi) is 7.68. The van der Waals surface area contributed by atoms with Crippen molar-refractivity contribution in [2.45, 2.75) is 23.5 Å². The first-order chi connectivity index (χ1) is 16.3.